The Bertz CT molecular complexity index is 579. The number of rotatable bonds is 6. The average molecular weight is 288 g/mol. The molecule has 0 aliphatic carbocycles. The van der Waals surface area contributed by atoms with Crippen LogP contribution in [0.5, 0.6) is 5.75 Å². The lowest BCUT2D eigenvalue weighted by atomic mass is 10.1. The van der Waals surface area contributed by atoms with Gasteiger partial charge in [-0.1, -0.05) is 6.07 Å². The Kier molecular flexibility index (Phi) is 4.85. The summed E-state index contributed by atoms with van der Waals surface area (Å²) in [5, 5.41) is 0. The SMILES string of the molecule is COc1cccc(N(C)C(CN)c2cncn2C(C)C)c1. The van der Waals surface area contributed by atoms with E-state index in [9.17, 15) is 0 Å². The van der Waals surface area contributed by atoms with Crippen molar-refractivity contribution in [2.24, 2.45) is 5.73 Å². The second-order valence-electron chi connectivity index (χ2n) is 5.38. The lowest BCUT2D eigenvalue weighted by molar-refractivity contribution is 0.414. The van der Waals surface area contributed by atoms with Crippen LogP contribution in [-0.2, 0) is 0 Å². The van der Waals surface area contributed by atoms with Crippen LogP contribution in [0.4, 0.5) is 5.69 Å². The van der Waals surface area contributed by atoms with E-state index in [2.05, 4.69) is 34.4 Å². The molecule has 2 rings (SSSR count). The Morgan fingerprint density at radius 3 is 2.76 bits per heavy atom. The Morgan fingerprint density at radius 1 is 1.38 bits per heavy atom. The molecule has 5 heteroatoms. The number of likely N-dealkylation sites (N-methyl/N-ethyl adjacent to an activating group) is 1. The molecule has 0 spiro atoms. The summed E-state index contributed by atoms with van der Waals surface area (Å²) >= 11 is 0. The molecule has 114 valence electrons. The minimum Gasteiger partial charge on any atom is -0.497 e. The predicted molar refractivity (Wildman–Crippen MR) is 85.8 cm³/mol. The largest absolute Gasteiger partial charge is 0.497 e. The highest BCUT2D eigenvalue weighted by Gasteiger charge is 2.21. The van der Waals surface area contributed by atoms with E-state index in [0.29, 0.717) is 12.6 Å². The van der Waals surface area contributed by atoms with E-state index in [1.54, 1.807) is 7.11 Å². The smallest absolute Gasteiger partial charge is 0.120 e. The first kappa shape index (κ1) is 15.4. The Hall–Kier alpha value is -2.01. The number of anilines is 1. The van der Waals surface area contributed by atoms with Gasteiger partial charge < -0.3 is 19.9 Å². The summed E-state index contributed by atoms with van der Waals surface area (Å²) in [6.07, 6.45) is 3.76. The van der Waals surface area contributed by atoms with Crippen LogP contribution in [0, 0.1) is 0 Å². The van der Waals surface area contributed by atoms with Crippen molar-refractivity contribution < 1.29 is 4.74 Å². The van der Waals surface area contributed by atoms with Crippen LogP contribution >= 0.6 is 0 Å². The molecule has 0 radical (unpaired) electrons. The van der Waals surface area contributed by atoms with Gasteiger partial charge in [0.2, 0.25) is 0 Å². The maximum absolute atomic E-state index is 6.03. The van der Waals surface area contributed by atoms with Crippen LogP contribution in [0.1, 0.15) is 31.6 Å². The zero-order valence-corrected chi connectivity index (χ0v) is 13.2. The van der Waals surface area contributed by atoms with E-state index in [1.165, 1.54) is 0 Å². The van der Waals surface area contributed by atoms with Crippen molar-refractivity contribution in [3.8, 4) is 5.75 Å². The third-order valence-corrected chi connectivity index (χ3v) is 3.75. The summed E-state index contributed by atoms with van der Waals surface area (Å²) in [6, 6.07) is 8.42. The van der Waals surface area contributed by atoms with Gasteiger partial charge in [0, 0.05) is 31.4 Å². The van der Waals surface area contributed by atoms with Crippen molar-refractivity contribution in [2.45, 2.75) is 25.9 Å². The molecular formula is C16H24N4O. The normalized spacial score (nSPS) is 12.5. The fourth-order valence-corrected chi connectivity index (χ4v) is 2.49. The maximum Gasteiger partial charge on any atom is 0.120 e. The summed E-state index contributed by atoms with van der Waals surface area (Å²) in [6.45, 7) is 4.81. The zero-order chi connectivity index (χ0) is 15.4. The third kappa shape index (κ3) is 3.19. The molecule has 1 unspecified atom stereocenters. The standard InChI is InChI=1S/C16H24N4O/c1-12(2)20-11-18-10-16(20)15(9-17)19(3)13-6-5-7-14(8-13)21-4/h5-8,10-12,15H,9,17H2,1-4H3. The molecule has 1 aromatic heterocycles. The van der Waals surface area contributed by atoms with E-state index in [1.807, 2.05) is 37.8 Å². The van der Waals surface area contributed by atoms with Gasteiger partial charge in [0.05, 0.1) is 31.4 Å². The van der Waals surface area contributed by atoms with E-state index >= 15 is 0 Å². The molecule has 0 fully saturated rings. The van der Waals surface area contributed by atoms with Crippen molar-refractivity contribution >= 4 is 5.69 Å². The van der Waals surface area contributed by atoms with Gasteiger partial charge >= 0.3 is 0 Å². The van der Waals surface area contributed by atoms with Crippen LogP contribution < -0.4 is 15.4 Å². The topological polar surface area (TPSA) is 56.3 Å². The summed E-state index contributed by atoms with van der Waals surface area (Å²) in [4.78, 5) is 6.44. The highest BCUT2D eigenvalue weighted by atomic mass is 16.5. The number of nitrogens with zero attached hydrogens (tertiary/aromatic N) is 3. The molecule has 1 heterocycles. The molecular weight excluding hydrogens is 264 g/mol. The fourth-order valence-electron chi connectivity index (χ4n) is 2.49. The Labute approximate surface area is 126 Å². The van der Waals surface area contributed by atoms with Crippen molar-refractivity contribution in [2.75, 3.05) is 25.6 Å². The number of imidazole rings is 1. The second-order valence-corrected chi connectivity index (χ2v) is 5.38. The summed E-state index contributed by atoms with van der Waals surface area (Å²) in [5.41, 5.74) is 8.22. The first-order valence-electron chi connectivity index (χ1n) is 7.17. The second kappa shape index (κ2) is 6.63. The van der Waals surface area contributed by atoms with Gasteiger partial charge in [-0.2, -0.15) is 0 Å². The van der Waals surface area contributed by atoms with Gasteiger partial charge in [0.15, 0.2) is 0 Å². The van der Waals surface area contributed by atoms with Crippen molar-refractivity contribution in [1.82, 2.24) is 9.55 Å². The fraction of sp³-hybridized carbons (Fsp3) is 0.438. The van der Waals surface area contributed by atoms with Crippen molar-refractivity contribution in [3.63, 3.8) is 0 Å². The van der Waals surface area contributed by atoms with Gasteiger partial charge in [0.25, 0.3) is 0 Å². The molecule has 0 saturated heterocycles. The van der Waals surface area contributed by atoms with Crippen LogP contribution in [-0.4, -0.2) is 30.3 Å². The van der Waals surface area contributed by atoms with Gasteiger partial charge in [-0.3, -0.25) is 0 Å². The first-order valence-corrected chi connectivity index (χ1v) is 7.17. The molecule has 0 saturated carbocycles. The highest BCUT2D eigenvalue weighted by Crippen LogP contribution is 2.28. The summed E-state index contributed by atoms with van der Waals surface area (Å²) in [5.74, 6) is 0.840. The number of hydrogen-bond donors (Lipinski definition) is 1. The zero-order valence-electron chi connectivity index (χ0n) is 13.2. The van der Waals surface area contributed by atoms with E-state index < -0.39 is 0 Å². The van der Waals surface area contributed by atoms with Gasteiger partial charge in [0.1, 0.15) is 5.75 Å². The van der Waals surface area contributed by atoms with E-state index in [0.717, 1.165) is 17.1 Å². The molecule has 1 atom stereocenters. The minimum atomic E-state index is 0.0713. The lowest BCUT2D eigenvalue weighted by Gasteiger charge is -2.30. The minimum absolute atomic E-state index is 0.0713. The van der Waals surface area contributed by atoms with Crippen LogP contribution in [0.25, 0.3) is 0 Å². The van der Waals surface area contributed by atoms with Crippen LogP contribution in [0.15, 0.2) is 36.8 Å². The Balaban J connectivity index is 2.33. The van der Waals surface area contributed by atoms with Gasteiger partial charge in [-0.15, -0.1) is 0 Å². The van der Waals surface area contributed by atoms with E-state index in [4.69, 9.17) is 10.5 Å². The van der Waals surface area contributed by atoms with Crippen LogP contribution in [0.2, 0.25) is 0 Å². The predicted octanol–water partition coefficient (Wildman–Crippen LogP) is 2.61. The molecule has 0 bridgehead atoms. The molecule has 2 aromatic rings. The van der Waals surface area contributed by atoms with Crippen molar-refractivity contribution in [3.05, 3.63) is 42.5 Å². The molecule has 1 aromatic carbocycles. The average Bonchev–Trinajstić information content (AvgIpc) is 2.97. The molecule has 21 heavy (non-hydrogen) atoms. The summed E-state index contributed by atoms with van der Waals surface area (Å²) < 4.78 is 7.46. The summed E-state index contributed by atoms with van der Waals surface area (Å²) in [7, 11) is 3.72. The number of benzene rings is 1. The number of nitrogens with two attached hydrogens (primary N) is 1. The highest BCUT2D eigenvalue weighted by molar-refractivity contribution is 5.51. The number of methoxy groups -OCH3 is 1. The molecule has 2 N–H and O–H groups in total. The number of hydrogen-bond acceptors (Lipinski definition) is 4. The van der Waals surface area contributed by atoms with E-state index in [-0.39, 0.29) is 6.04 Å². The van der Waals surface area contributed by atoms with Crippen molar-refractivity contribution in [1.29, 1.82) is 0 Å². The van der Waals surface area contributed by atoms with Gasteiger partial charge in [-0.25, -0.2) is 4.98 Å². The Morgan fingerprint density at radius 2 is 2.14 bits per heavy atom. The number of ether oxygens (including phenoxy) is 1. The molecule has 0 aliphatic heterocycles. The molecule has 0 aliphatic rings. The van der Waals surface area contributed by atoms with Gasteiger partial charge in [-0.05, 0) is 26.0 Å². The third-order valence-electron chi connectivity index (χ3n) is 3.75. The quantitative estimate of drug-likeness (QED) is 0.887. The number of aromatic nitrogens is 2. The lowest BCUT2D eigenvalue weighted by Crippen LogP contribution is -2.32. The first-order chi connectivity index (χ1) is 10.1. The van der Waals surface area contributed by atoms with Crippen LogP contribution in [0.3, 0.4) is 0 Å². The monoisotopic (exact) mass is 288 g/mol. The maximum atomic E-state index is 6.03. The molecule has 0 amide bonds. The molecule has 5 nitrogen and oxygen atoms in total.